The van der Waals surface area contributed by atoms with Crippen LogP contribution in [-0.2, 0) is 4.57 Å². The average molecular weight is 467 g/mol. The van der Waals surface area contributed by atoms with E-state index < -0.39 is 7.82 Å². The maximum atomic E-state index is 10.7. The highest BCUT2D eigenvalue weighted by Crippen LogP contribution is 2.40. The number of phosphoric ester groups is 1. The molecule has 0 aliphatic rings. The first-order valence-corrected chi connectivity index (χ1v) is 13.9. The molecule has 0 aliphatic carbocycles. The molecule has 0 unspecified atom stereocenters. The molecule has 0 radical (unpaired) electrons. The fourth-order valence-electron chi connectivity index (χ4n) is 4.05. The maximum Gasteiger partial charge on any atom is 0.524 e. The smallest absolute Gasteiger partial charge is 0.404 e. The van der Waals surface area contributed by atoms with E-state index in [1.54, 1.807) is 18.2 Å². The monoisotopic (exact) mass is 466 g/mol. The van der Waals surface area contributed by atoms with Gasteiger partial charge in [0.25, 0.3) is 0 Å². The van der Waals surface area contributed by atoms with E-state index in [4.69, 9.17) is 9.79 Å². The van der Waals surface area contributed by atoms with Gasteiger partial charge >= 0.3 is 7.82 Å². The fraction of sp³-hybridized carbons (Fsp3) is 0.615. The number of fused-ring (bicyclic) bond motifs is 1. The van der Waals surface area contributed by atoms with Crippen LogP contribution in [0.5, 0.6) is 5.75 Å². The molecule has 0 saturated heterocycles. The molecule has 2 aromatic rings. The van der Waals surface area contributed by atoms with E-state index in [1.165, 1.54) is 88.1 Å². The standard InChI is InChI=1S/C16H36N.C10H9O4P/c1-5-9-13-17(14-10-6-2,15-11-7-3)16-12-8-4;11-15(12,13)14-10-7-3-5-8-4-1-2-6-9(8)10/h5-16H2,1-4H3;1-7H,(H2,11,12,13)/q+1;. The lowest BCUT2D eigenvalue weighted by atomic mass is 10.1. The van der Waals surface area contributed by atoms with Crippen molar-refractivity contribution < 1.29 is 23.4 Å². The van der Waals surface area contributed by atoms with E-state index >= 15 is 0 Å². The van der Waals surface area contributed by atoms with Crippen LogP contribution >= 0.6 is 7.82 Å². The van der Waals surface area contributed by atoms with Gasteiger partial charge in [0, 0.05) is 5.39 Å². The van der Waals surface area contributed by atoms with Gasteiger partial charge in [0.2, 0.25) is 0 Å². The van der Waals surface area contributed by atoms with Gasteiger partial charge in [-0.3, -0.25) is 9.79 Å². The summed E-state index contributed by atoms with van der Waals surface area (Å²) in [7, 11) is -4.49. The molecule has 0 heterocycles. The Hall–Kier alpha value is -1.39. The number of quaternary nitrogens is 1. The predicted octanol–water partition coefficient (Wildman–Crippen LogP) is 7.31. The van der Waals surface area contributed by atoms with Gasteiger partial charge in [-0.2, -0.15) is 0 Å². The third-order valence-electron chi connectivity index (χ3n) is 5.91. The summed E-state index contributed by atoms with van der Waals surface area (Å²) in [4.78, 5) is 17.4. The molecule has 6 heteroatoms. The lowest BCUT2D eigenvalue weighted by Crippen LogP contribution is -2.50. The first-order chi connectivity index (χ1) is 15.3. The number of benzene rings is 2. The van der Waals surface area contributed by atoms with Crippen molar-refractivity contribution in [3.63, 3.8) is 0 Å². The van der Waals surface area contributed by atoms with Gasteiger partial charge in [0.05, 0.1) is 26.2 Å². The summed E-state index contributed by atoms with van der Waals surface area (Å²) in [6.07, 6.45) is 11.1. The van der Waals surface area contributed by atoms with Crippen molar-refractivity contribution in [2.75, 3.05) is 26.2 Å². The van der Waals surface area contributed by atoms with E-state index in [1.807, 2.05) is 18.2 Å². The second-order valence-corrected chi connectivity index (χ2v) is 9.87. The summed E-state index contributed by atoms with van der Waals surface area (Å²) < 4.78 is 16.7. The highest BCUT2D eigenvalue weighted by atomic mass is 31.2. The van der Waals surface area contributed by atoms with Gasteiger partial charge in [0.1, 0.15) is 5.75 Å². The van der Waals surface area contributed by atoms with Crippen molar-refractivity contribution in [3.05, 3.63) is 42.5 Å². The lowest BCUT2D eigenvalue weighted by molar-refractivity contribution is -0.929. The molecule has 0 fully saturated rings. The second-order valence-electron chi connectivity index (χ2n) is 8.71. The van der Waals surface area contributed by atoms with Crippen molar-refractivity contribution in [1.29, 1.82) is 0 Å². The minimum Gasteiger partial charge on any atom is -0.404 e. The van der Waals surface area contributed by atoms with Crippen molar-refractivity contribution >= 4 is 18.6 Å². The topological polar surface area (TPSA) is 66.8 Å². The highest BCUT2D eigenvalue weighted by molar-refractivity contribution is 7.46. The molecule has 0 aliphatic heterocycles. The van der Waals surface area contributed by atoms with Gasteiger partial charge in [-0.1, -0.05) is 89.8 Å². The van der Waals surface area contributed by atoms with Crippen LogP contribution in [-0.4, -0.2) is 40.4 Å². The average Bonchev–Trinajstić information content (AvgIpc) is 2.78. The van der Waals surface area contributed by atoms with Gasteiger partial charge in [-0.05, 0) is 37.1 Å². The van der Waals surface area contributed by atoms with Gasteiger partial charge in [0.15, 0.2) is 0 Å². The Balaban J connectivity index is 0.000000321. The van der Waals surface area contributed by atoms with Crippen LogP contribution in [0.3, 0.4) is 0 Å². The Labute approximate surface area is 195 Å². The summed E-state index contributed by atoms with van der Waals surface area (Å²) in [6, 6.07) is 12.3. The Morgan fingerprint density at radius 1 is 0.719 bits per heavy atom. The zero-order valence-corrected chi connectivity index (χ0v) is 21.5. The number of rotatable bonds is 14. The van der Waals surface area contributed by atoms with Crippen LogP contribution in [0.2, 0.25) is 0 Å². The lowest BCUT2D eigenvalue weighted by Gasteiger charge is -2.39. The number of phosphoric acid groups is 1. The molecule has 2 N–H and O–H groups in total. The minimum absolute atomic E-state index is 0.196. The van der Waals surface area contributed by atoms with Gasteiger partial charge in [-0.15, -0.1) is 0 Å². The van der Waals surface area contributed by atoms with E-state index in [9.17, 15) is 4.57 Å². The van der Waals surface area contributed by atoms with Crippen molar-refractivity contribution in [3.8, 4) is 5.75 Å². The van der Waals surface area contributed by atoms with Crippen LogP contribution in [0.1, 0.15) is 79.1 Å². The molecule has 0 atom stereocenters. The predicted molar refractivity (Wildman–Crippen MR) is 136 cm³/mol. The van der Waals surface area contributed by atoms with Crippen LogP contribution in [0.4, 0.5) is 0 Å². The molecule has 2 aromatic carbocycles. The number of unbranched alkanes of at least 4 members (excludes halogenated alkanes) is 4. The van der Waals surface area contributed by atoms with Crippen LogP contribution in [0.25, 0.3) is 10.8 Å². The van der Waals surface area contributed by atoms with E-state index in [2.05, 4.69) is 32.2 Å². The number of hydrogen-bond donors (Lipinski definition) is 2. The molecule has 0 saturated carbocycles. The summed E-state index contributed by atoms with van der Waals surface area (Å²) >= 11 is 0. The third-order valence-corrected chi connectivity index (χ3v) is 6.35. The SMILES string of the molecule is CCCC[N+](CCCC)(CCCC)CCCC.O=P(O)(O)Oc1cccc2ccccc12. The van der Waals surface area contributed by atoms with Crippen LogP contribution in [0, 0.1) is 0 Å². The molecule has 32 heavy (non-hydrogen) atoms. The largest absolute Gasteiger partial charge is 0.524 e. The van der Waals surface area contributed by atoms with Gasteiger partial charge in [-0.25, -0.2) is 4.57 Å². The second kappa shape index (κ2) is 15.4. The Morgan fingerprint density at radius 3 is 1.59 bits per heavy atom. The van der Waals surface area contributed by atoms with Crippen LogP contribution in [0.15, 0.2) is 42.5 Å². The number of hydrogen-bond acceptors (Lipinski definition) is 2. The van der Waals surface area contributed by atoms with E-state index in [-0.39, 0.29) is 5.75 Å². The quantitative estimate of drug-likeness (QED) is 0.226. The summed E-state index contributed by atoms with van der Waals surface area (Å²) in [5.41, 5.74) is 0. The molecular weight excluding hydrogens is 421 g/mol. The Kier molecular flexibility index (Phi) is 13.8. The third kappa shape index (κ3) is 11.0. The minimum atomic E-state index is -4.49. The van der Waals surface area contributed by atoms with Crippen molar-refractivity contribution in [2.24, 2.45) is 0 Å². The van der Waals surface area contributed by atoms with Gasteiger partial charge < -0.3 is 9.01 Å². The molecular formula is C26H45NO4P+. The maximum absolute atomic E-state index is 10.7. The molecule has 0 spiro atoms. The Morgan fingerprint density at radius 2 is 1.16 bits per heavy atom. The zero-order chi connectivity index (χ0) is 23.9. The summed E-state index contributed by atoms with van der Waals surface area (Å²) in [6.45, 7) is 15.0. The van der Waals surface area contributed by atoms with E-state index in [0.717, 1.165) is 5.39 Å². The first kappa shape index (κ1) is 28.6. The molecule has 0 bridgehead atoms. The Bertz CT molecular complexity index is 763. The molecule has 2 rings (SSSR count). The molecule has 5 nitrogen and oxygen atoms in total. The zero-order valence-electron chi connectivity index (χ0n) is 20.6. The summed E-state index contributed by atoms with van der Waals surface area (Å²) in [5.74, 6) is 0.196. The molecule has 0 aromatic heterocycles. The highest BCUT2D eigenvalue weighted by Gasteiger charge is 2.24. The van der Waals surface area contributed by atoms with Crippen molar-refractivity contribution in [1.82, 2.24) is 0 Å². The fourth-order valence-corrected chi connectivity index (χ4v) is 4.46. The first-order valence-electron chi connectivity index (χ1n) is 12.4. The van der Waals surface area contributed by atoms with Crippen molar-refractivity contribution in [2.45, 2.75) is 79.1 Å². The number of nitrogens with zero attached hydrogens (tertiary/aromatic N) is 1. The summed E-state index contributed by atoms with van der Waals surface area (Å²) in [5, 5.41) is 1.56. The molecule has 0 amide bonds. The molecule has 182 valence electrons. The van der Waals surface area contributed by atoms with E-state index in [0.29, 0.717) is 5.39 Å². The van der Waals surface area contributed by atoms with Crippen LogP contribution < -0.4 is 4.52 Å². The normalized spacial score (nSPS) is 11.8.